The zero-order valence-electron chi connectivity index (χ0n) is 49.2. The second-order valence-electron chi connectivity index (χ2n) is 13.4. The van der Waals surface area contributed by atoms with Crippen molar-refractivity contribution in [2.75, 3.05) is 4.90 Å². The highest BCUT2D eigenvalue weighted by Gasteiger charge is 2.21. The number of nitrogens with zero attached hydrogens (tertiary/aromatic N) is 1. The van der Waals surface area contributed by atoms with Gasteiger partial charge in [0.1, 0.15) is 11.2 Å². The van der Waals surface area contributed by atoms with Crippen molar-refractivity contribution in [2.45, 2.75) is 0 Å². The minimum Gasteiger partial charge on any atom is -0.456 e. The first-order chi connectivity index (χ1) is 36.7. The summed E-state index contributed by atoms with van der Waals surface area (Å²) in [6.45, 7) is 0. The van der Waals surface area contributed by atoms with Crippen LogP contribution in [0.1, 0.15) is 26.0 Å². The van der Waals surface area contributed by atoms with Gasteiger partial charge < -0.3 is 9.32 Å². The third-order valence-electron chi connectivity index (χ3n) is 9.97. The predicted octanol–water partition coefficient (Wildman–Crippen LogP) is 16.0. The highest BCUT2D eigenvalue weighted by molar-refractivity contribution is 6.16. The molecule has 2 heteroatoms. The first kappa shape index (κ1) is 19.5. The zero-order valence-corrected chi connectivity index (χ0v) is 30.2. The van der Waals surface area contributed by atoms with Crippen molar-refractivity contribution in [2.24, 2.45) is 0 Å². The van der Waals surface area contributed by atoms with Crippen LogP contribution in [0, 0.1) is 0 Å². The van der Waals surface area contributed by atoms with Crippen molar-refractivity contribution >= 4 is 60.5 Å². The Labute approximate surface area is 364 Å². The molecule has 11 rings (SSSR count). The lowest BCUT2D eigenvalue weighted by molar-refractivity contribution is 0.669. The maximum absolute atomic E-state index is 9.80. The summed E-state index contributed by atoms with van der Waals surface area (Å²) in [6, 6.07) is 17.3. The lowest BCUT2D eigenvalue weighted by Gasteiger charge is -2.28. The van der Waals surface area contributed by atoms with E-state index >= 15 is 0 Å². The van der Waals surface area contributed by atoms with E-state index in [0.717, 1.165) is 21.1 Å². The average molecular weight is 759 g/mol. The number of anilines is 3. The van der Waals surface area contributed by atoms with E-state index in [4.69, 9.17) is 14.0 Å². The number of hydrogen-bond donors (Lipinski definition) is 0. The smallest absolute Gasteiger partial charge is 0.136 e. The molecule has 0 radical (unpaired) electrons. The first-order valence-corrected chi connectivity index (χ1v) is 18.3. The second kappa shape index (κ2) is 14.1. The maximum atomic E-state index is 9.80. The molecule has 0 saturated heterocycles. The van der Waals surface area contributed by atoms with Crippen molar-refractivity contribution in [3.05, 3.63) is 224 Å². The van der Waals surface area contributed by atoms with Crippen LogP contribution in [0.5, 0.6) is 0 Å². The number of para-hydroxylation sites is 1. The topological polar surface area (TPSA) is 16.4 Å². The molecule has 0 unspecified atom stereocenters. The molecule has 0 amide bonds. The van der Waals surface area contributed by atoms with Crippen LogP contribution in [0.15, 0.2) is 228 Å². The van der Waals surface area contributed by atoms with Gasteiger partial charge in [0, 0.05) is 27.7 Å². The number of fused-ring (bicyclic) bond motifs is 5. The Balaban J connectivity index is 1.20. The van der Waals surface area contributed by atoms with Crippen molar-refractivity contribution in [3.63, 3.8) is 0 Å². The molecule has 0 spiro atoms. The van der Waals surface area contributed by atoms with E-state index in [1.54, 1.807) is 66.7 Å². The number of benzene rings is 10. The molecule has 1 aromatic heterocycles. The van der Waals surface area contributed by atoms with E-state index in [9.17, 15) is 16.4 Å². The Hall–Kier alpha value is -7.68. The SMILES string of the molecule is [2H]c1c([2H])c(N(c2ccccc2-c2cccc3oc4cc5ccccc5cc4c23)c2c([2H])c([2H])c(-c3c([2H])c([2H])c(-c4c([2H])c([2H])c([2H])c5c([2H])c([2H])c([2H])c([2H])c45)c([2H])c3[2H])c([2H])c2[2H])c([2H])c([2H])c1-c1ccccc1. The largest absolute Gasteiger partial charge is 0.456 e. The van der Waals surface area contributed by atoms with Crippen molar-refractivity contribution in [3.8, 4) is 44.5 Å². The van der Waals surface area contributed by atoms with Crippen LogP contribution in [0.25, 0.3) is 88.0 Å². The van der Waals surface area contributed by atoms with Crippen LogP contribution >= 0.6 is 0 Å². The fourth-order valence-electron chi connectivity index (χ4n) is 7.26. The number of rotatable bonds is 7. The third kappa shape index (κ3) is 5.91. The minimum absolute atomic E-state index is 0.0402. The van der Waals surface area contributed by atoms with Gasteiger partial charge in [-0.2, -0.15) is 0 Å². The maximum Gasteiger partial charge on any atom is 0.136 e. The molecule has 2 nitrogen and oxygen atoms in total. The predicted molar refractivity (Wildman–Crippen MR) is 245 cm³/mol. The van der Waals surface area contributed by atoms with Crippen LogP contribution in [0.4, 0.5) is 17.1 Å². The lowest BCUT2D eigenvalue weighted by Crippen LogP contribution is -2.11. The van der Waals surface area contributed by atoms with Gasteiger partial charge in [0.25, 0.3) is 0 Å². The molecule has 10 aromatic carbocycles. The normalized spacial score (nSPS) is 16.0. The molecule has 0 bridgehead atoms. The molecule has 0 aliphatic carbocycles. The molecule has 0 N–H and O–H groups in total. The Morgan fingerprint density at radius 3 is 1.71 bits per heavy atom. The van der Waals surface area contributed by atoms with Gasteiger partial charge in [0.15, 0.2) is 0 Å². The van der Waals surface area contributed by atoms with Crippen LogP contribution in [0.2, 0.25) is 0 Å². The van der Waals surface area contributed by atoms with E-state index in [-0.39, 0.29) is 11.3 Å². The summed E-state index contributed by atoms with van der Waals surface area (Å²) in [5.74, 6) is 0. The first-order valence-electron chi connectivity index (χ1n) is 27.8. The summed E-state index contributed by atoms with van der Waals surface area (Å²) < 4.78 is 180. The summed E-state index contributed by atoms with van der Waals surface area (Å²) in [7, 11) is 0. The van der Waals surface area contributed by atoms with Crippen LogP contribution in [-0.2, 0) is 0 Å². The summed E-state index contributed by atoms with van der Waals surface area (Å²) in [6.07, 6.45) is 0. The molecule has 0 aliphatic rings. The third-order valence-corrected chi connectivity index (χ3v) is 9.97. The van der Waals surface area contributed by atoms with Crippen LogP contribution in [0.3, 0.4) is 0 Å². The summed E-state index contributed by atoms with van der Waals surface area (Å²) in [5, 5.41) is 2.25. The van der Waals surface area contributed by atoms with Gasteiger partial charge in [-0.3, -0.25) is 0 Å². The van der Waals surface area contributed by atoms with Crippen molar-refractivity contribution in [1.82, 2.24) is 0 Å². The van der Waals surface area contributed by atoms with Gasteiger partial charge >= 0.3 is 0 Å². The molecule has 58 heavy (non-hydrogen) atoms. The van der Waals surface area contributed by atoms with Gasteiger partial charge in [0.2, 0.25) is 0 Å². The van der Waals surface area contributed by atoms with E-state index in [2.05, 4.69) is 0 Å². The van der Waals surface area contributed by atoms with Gasteiger partial charge in [-0.1, -0.05) is 176 Å². The molecule has 0 aliphatic heterocycles. The Bertz CT molecular complexity index is 4310. The molecule has 0 atom stereocenters. The van der Waals surface area contributed by atoms with Gasteiger partial charge in [-0.05, 0) is 109 Å². The molecule has 11 aromatic rings. The number of hydrogen-bond acceptors (Lipinski definition) is 2. The summed E-state index contributed by atoms with van der Waals surface area (Å²) >= 11 is 0. The van der Waals surface area contributed by atoms with E-state index < -0.39 is 159 Å². The van der Waals surface area contributed by atoms with E-state index in [1.165, 1.54) is 0 Å². The fourth-order valence-corrected chi connectivity index (χ4v) is 7.26. The zero-order chi connectivity index (χ0) is 55.0. The Kier molecular flexibility index (Phi) is 4.73. The molecular weight excluding hydrogens is 703 g/mol. The van der Waals surface area contributed by atoms with Gasteiger partial charge in [-0.15, -0.1) is 0 Å². The van der Waals surface area contributed by atoms with Gasteiger partial charge in [-0.25, -0.2) is 0 Å². The Morgan fingerprint density at radius 2 is 0.948 bits per heavy atom. The molecule has 0 saturated carbocycles. The van der Waals surface area contributed by atoms with Crippen molar-refractivity contribution < 1.29 is 30.5 Å². The second-order valence-corrected chi connectivity index (χ2v) is 13.4. The van der Waals surface area contributed by atoms with Crippen LogP contribution < -0.4 is 4.90 Å². The Morgan fingerprint density at radius 1 is 0.362 bits per heavy atom. The highest BCUT2D eigenvalue weighted by Crippen LogP contribution is 2.46. The summed E-state index contributed by atoms with van der Waals surface area (Å²) in [4.78, 5) is 1.14. The average Bonchev–Trinajstić information content (AvgIpc) is 3.80. The van der Waals surface area contributed by atoms with Crippen LogP contribution in [-0.4, -0.2) is 0 Å². The fraction of sp³-hybridized carbons (Fsp3) is 0. The molecular formula is C56H37NO. The molecule has 272 valence electrons. The number of furan rings is 1. The van der Waals surface area contributed by atoms with Gasteiger partial charge in [0.05, 0.1) is 31.7 Å². The van der Waals surface area contributed by atoms with E-state index in [0.29, 0.717) is 33.2 Å². The molecule has 0 fully saturated rings. The minimum atomic E-state index is -0.934. The summed E-state index contributed by atoms with van der Waals surface area (Å²) in [5.41, 5.74) is -1.28. The van der Waals surface area contributed by atoms with Crippen molar-refractivity contribution in [1.29, 1.82) is 0 Å². The lowest BCUT2D eigenvalue weighted by atomic mass is 9.95. The highest BCUT2D eigenvalue weighted by atomic mass is 16.3. The standard InChI is InChI=1S/C56H37NO/c1-2-12-38(13-3-1)40-28-32-46(33-29-40)57(47-34-30-41(31-35-47)39-24-26-43(27-25-39)49-20-10-17-42-14-6-7-18-48(42)49)53-22-9-8-19-50(53)51-21-11-23-54-56(51)52-36-44-15-4-5-16-45(44)37-55(52)58-54/h1-37H/i6D,7D,10D,14D,17D,18D,20D,24D,25D,26D,27D,28D,29D,30D,31D,32D,33D,34D,35D. The quantitative estimate of drug-likeness (QED) is 0.161. The molecule has 1 heterocycles. The van der Waals surface area contributed by atoms with E-state index in [1.807, 2.05) is 42.5 Å². The monoisotopic (exact) mass is 758 g/mol.